The summed E-state index contributed by atoms with van der Waals surface area (Å²) in [6.07, 6.45) is 3.85. The van der Waals surface area contributed by atoms with Gasteiger partial charge in [0.1, 0.15) is 0 Å². The zero-order valence-corrected chi connectivity index (χ0v) is 14.6. The third-order valence-corrected chi connectivity index (χ3v) is 4.79. The van der Waals surface area contributed by atoms with E-state index < -0.39 is 11.6 Å². The van der Waals surface area contributed by atoms with Gasteiger partial charge in [-0.25, -0.2) is 14.8 Å². The maximum Gasteiger partial charge on any atom is 0.407 e. The van der Waals surface area contributed by atoms with Gasteiger partial charge in [0, 0.05) is 17.9 Å². The summed E-state index contributed by atoms with van der Waals surface area (Å²) in [7, 11) is 0. The first kappa shape index (κ1) is 17.5. The number of hydrogen-bond acceptors (Lipinski definition) is 4. The lowest BCUT2D eigenvalue weighted by Gasteiger charge is -2.49. The number of amides is 1. The molecule has 2 rings (SSSR count). The lowest BCUT2D eigenvalue weighted by molar-refractivity contribution is 0.0422. The molecule has 1 aliphatic rings. The van der Waals surface area contributed by atoms with Crippen LogP contribution in [0.4, 0.5) is 10.7 Å². The highest BCUT2D eigenvalue weighted by atomic mass is 16.4. The van der Waals surface area contributed by atoms with Crippen LogP contribution in [0.3, 0.4) is 0 Å². The maximum absolute atomic E-state index is 11.7. The van der Waals surface area contributed by atoms with Crippen LogP contribution in [-0.4, -0.2) is 44.2 Å². The number of carbonyl (C=O) groups is 1. The van der Waals surface area contributed by atoms with E-state index in [1.165, 1.54) is 0 Å². The Hall–Kier alpha value is -1.85. The highest BCUT2D eigenvalue weighted by Crippen LogP contribution is 2.34. The van der Waals surface area contributed by atoms with Crippen LogP contribution in [-0.2, 0) is 0 Å². The predicted molar refractivity (Wildman–Crippen MR) is 90.8 cm³/mol. The van der Waals surface area contributed by atoms with Crippen LogP contribution >= 0.6 is 0 Å². The molecule has 6 nitrogen and oxygen atoms in total. The van der Waals surface area contributed by atoms with Crippen molar-refractivity contribution in [3.05, 3.63) is 17.5 Å². The molecule has 1 aromatic rings. The van der Waals surface area contributed by atoms with Crippen molar-refractivity contribution in [2.24, 2.45) is 0 Å². The van der Waals surface area contributed by atoms with Gasteiger partial charge in [-0.05, 0) is 46.1 Å². The topological polar surface area (TPSA) is 78.4 Å². The summed E-state index contributed by atoms with van der Waals surface area (Å²) in [6.45, 7) is 8.67. The normalized spacial score (nSPS) is 24.5. The second-order valence-corrected chi connectivity index (χ2v) is 6.71. The zero-order valence-electron chi connectivity index (χ0n) is 14.6. The van der Waals surface area contributed by atoms with Crippen molar-refractivity contribution in [1.82, 2.24) is 14.9 Å². The molecule has 2 N–H and O–H groups in total. The van der Waals surface area contributed by atoms with E-state index in [0.29, 0.717) is 12.5 Å². The number of hydrogen-bond donors (Lipinski definition) is 2. The summed E-state index contributed by atoms with van der Waals surface area (Å²) in [4.78, 5) is 22.2. The van der Waals surface area contributed by atoms with Crippen molar-refractivity contribution < 1.29 is 9.90 Å². The van der Waals surface area contributed by atoms with Crippen molar-refractivity contribution in [1.29, 1.82) is 0 Å². The molecule has 2 unspecified atom stereocenters. The molecule has 2 atom stereocenters. The molecule has 0 bridgehead atoms. The Bertz CT molecular complexity index is 543. The summed E-state index contributed by atoms with van der Waals surface area (Å²) in [5, 5.41) is 13.0. The van der Waals surface area contributed by atoms with Crippen molar-refractivity contribution >= 4 is 12.0 Å². The number of aromatic nitrogens is 2. The SMILES string of the molecule is CCCCC1(C)C(Nc2nc(C)cc(C)n2)CCCN1C(=O)O. The number of unbranched alkanes of at least 4 members (excludes halogenated alkanes) is 1. The monoisotopic (exact) mass is 320 g/mol. The third kappa shape index (κ3) is 3.92. The average molecular weight is 320 g/mol. The Kier molecular flexibility index (Phi) is 5.44. The summed E-state index contributed by atoms with van der Waals surface area (Å²) in [6, 6.07) is 1.96. The average Bonchev–Trinajstić information content (AvgIpc) is 2.46. The summed E-state index contributed by atoms with van der Waals surface area (Å²) < 4.78 is 0. The van der Waals surface area contributed by atoms with Crippen LogP contribution in [0.1, 0.15) is 57.3 Å². The first-order chi connectivity index (χ1) is 10.9. The van der Waals surface area contributed by atoms with Crippen molar-refractivity contribution in [2.75, 3.05) is 11.9 Å². The summed E-state index contributed by atoms with van der Waals surface area (Å²) in [5.41, 5.74) is 1.41. The molecule has 2 heterocycles. The molecule has 1 fully saturated rings. The van der Waals surface area contributed by atoms with E-state index in [2.05, 4.69) is 29.1 Å². The maximum atomic E-state index is 11.7. The quantitative estimate of drug-likeness (QED) is 0.866. The van der Waals surface area contributed by atoms with Crippen LogP contribution in [0.5, 0.6) is 0 Å². The van der Waals surface area contributed by atoms with Gasteiger partial charge in [0.25, 0.3) is 0 Å². The first-order valence-electron chi connectivity index (χ1n) is 8.46. The number of nitrogens with one attached hydrogen (secondary N) is 1. The van der Waals surface area contributed by atoms with Gasteiger partial charge in [-0.1, -0.05) is 19.8 Å². The van der Waals surface area contributed by atoms with E-state index in [-0.39, 0.29) is 6.04 Å². The van der Waals surface area contributed by atoms with Gasteiger partial charge >= 0.3 is 6.09 Å². The van der Waals surface area contributed by atoms with Gasteiger partial charge in [-0.3, -0.25) is 0 Å². The minimum absolute atomic E-state index is 0.0279. The number of likely N-dealkylation sites (tertiary alicyclic amines) is 1. The van der Waals surface area contributed by atoms with Gasteiger partial charge < -0.3 is 15.3 Å². The Labute approximate surface area is 138 Å². The molecule has 23 heavy (non-hydrogen) atoms. The molecular formula is C17H28N4O2. The highest BCUT2D eigenvalue weighted by Gasteiger charge is 2.44. The Morgan fingerprint density at radius 1 is 1.43 bits per heavy atom. The molecule has 0 saturated carbocycles. The summed E-state index contributed by atoms with van der Waals surface area (Å²) in [5.74, 6) is 0.600. The Balaban J connectivity index is 2.27. The van der Waals surface area contributed by atoms with Crippen molar-refractivity contribution in [2.45, 2.75) is 71.4 Å². The minimum Gasteiger partial charge on any atom is -0.465 e. The van der Waals surface area contributed by atoms with Crippen molar-refractivity contribution in [3.63, 3.8) is 0 Å². The molecule has 1 saturated heterocycles. The molecule has 0 aliphatic carbocycles. The fraction of sp³-hybridized carbons (Fsp3) is 0.706. The van der Waals surface area contributed by atoms with Crippen molar-refractivity contribution in [3.8, 4) is 0 Å². The molecule has 0 spiro atoms. The van der Waals surface area contributed by atoms with E-state index in [1.54, 1.807) is 4.90 Å². The van der Waals surface area contributed by atoms with Gasteiger partial charge in [0.05, 0.1) is 11.6 Å². The van der Waals surface area contributed by atoms with Crippen LogP contribution in [0.25, 0.3) is 0 Å². The van der Waals surface area contributed by atoms with Crippen LogP contribution in [0, 0.1) is 13.8 Å². The number of anilines is 1. The van der Waals surface area contributed by atoms with Crippen LogP contribution < -0.4 is 5.32 Å². The van der Waals surface area contributed by atoms with E-state index >= 15 is 0 Å². The molecule has 1 amide bonds. The number of piperidine rings is 1. The number of aryl methyl sites for hydroxylation is 2. The molecule has 128 valence electrons. The van der Waals surface area contributed by atoms with Gasteiger partial charge in [-0.2, -0.15) is 0 Å². The molecule has 6 heteroatoms. The first-order valence-corrected chi connectivity index (χ1v) is 8.46. The van der Waals surface area contributed by atoms with Gasteiger partial charge in [-0.15, -0.1) is 0 Å². The lowest BCUT2D eigenvalue weighted by Crippen LogP contribution is -2.62. The fourth-order valence-electron chi connectivity index (χ4n) is 3.54. The lowest BCUT2D eigenvalue weighted by atomic mass is 9.79. The van der Waals surface area contributed by atoms with E-state index in [9.17, 15) is 9.90 Å². The molecular weight excluding hydrogens is 292 g/mol. The zero-order chi connectivity index (χ0) is 17.0. The van der Waals surface area contributed by atoms with E-state index in [0.717, 1.165) is 43.5 Å². The summed E-state index contributed by atoms with van der Waals surface area (Å²) >= 11 is 0. The third-order valence-electron chi connectivity index (χ3n) is 4.79. The predicted octanol–water partition coefficient (Wildman–Crippen LogP) is 3.60. The molecule has 1 aromatic heterocycles. The van der Waals surface area contributed by atoms with Crippen LogP contribution in [0.15, 0.2) is 6.07 Å². The highest BCUT2D eigenvalue weighted by molar-refractivity contribution is 5.66. The second kappa shape index (κ2) is 7.15. The van der Waals surface area contributed by atoms with E-state index in [4.69, 9.17) is 0 Å². The number of carboxylic acid groups (broad SMARTS) is 1. The molecule has 0 radical (unpaired) electrons. The van der Waals surface area contributed by atoms with Crippen LogP contribution in [0.2, 0.25) is 0 Å². The minimum atomic E-state index is -0.837. The van der Waals surface area contributed by atoms with Gasteiger partial charge in [0.15, 0.2) is 0 Å². The fourth-order valence-corrected chi connectivity index (χ4v) is 3.54. The Morgan fingerprint density at radius 2 is 2.09 bits per heavy atom. The molecule has 0 aromatic carbocycles. The van der Waals surface area contributed by atoms with Gasteiger partial charge in [0.2, 0.25) is 5.95 Å². The number of rotatable bonds is 5. The molecule has 1 aliphatic heterocycles. The van der Waals surface area contributed by atoms with E-state index in [1.807, 2.05) is 19.9 Å². The standard InChI is InChI=1S/C17H28N4O2/c1-5-6-9-17(4)14(8-7-10-21(17)16(22)23)20-15-18-12(2)11-13(3)19-15/h11,14H,5-10H2,1-4H3,(H,22,23)(H,18,19,20). The smallest absolute Gasteiger partial charge is 0.407 e. The number of nitrogens with zero attached hydrogens (tertiary/aromatic N) is 3. The second-order valence-electron chi connectivity index (χ2n) is 6.71. The Morgan fingerprint density at radius 3 is 2.65 bits per heavy atom. The largest absolute Gasteiger partial charge is 0.465 e.